The van der Waals surface area contributed by atoms with Gasteiger partial charge in [0, 0.05) is 28.0 Å². The van der Waals surface area contributed by atoms with Gasteiger partial charge in [0.05, 0.1) is 0 Å². The first kappa shape index (κ1) is 95.5. The Balaban J connectivity index is 0. The van der Waals surface area contributed by atoms with Crippen LogP contribution in [0.5, 0.6) is 0 Å². The largest absolute Gasteiger partial charge is 4.00 e. The van der Waals surface area contributed by atoms with Gasteiger partial charge in [0.2, 0.25) is 0 Å². The van der Waals surface area contributed by atoms with Gasteiger partial charge in [0.15, 0.2) is 0 Å². The predicted octanol–water partition coefficient (Wildman–Crippen LogP) is -0.623. The van der Waals surface area contributed by atoms with E-state index in [0.717, 1.165) is 0 Å². The smallest absolute Gasteiger partial charge is 2.00 e. The number of rotatable bonds is 0. The summed E-state index contributed by atoms with van der Waals surface area (Å²) in [7, 11) is 0. The summed E-state index contributed by atoms with van der Waals surface area (Å²) in [5.41, 5.74) is 0. The van der Waals surface area contributed by atoms with Crippen molar-refractivity contribution in [2.75, 3.05) is 0 Å². The second-order valence-electron chi connectivity index (χ2n) is 0. The third kappa shape index (κ3) is 31.9. The molecule has 2 nitrogen and oxygen atoms in total. The van der Waals surface area contributed by atoms with Crippen LogP contribution in [0, 0.1) is 0 Å². The van der Waals surface area contributed by atoms with Crippen LogP contribution in [-0.4, -0.2) is 11.0 Å². The maximum absolute atomic E-state index is 0. The summed E-state index contributed by atoms with van der Waals surface area (Å²) >= 11 is 0. The molecule has 0 aromatic rings. The van der Waals surface area contributed by atoms with Crippen LogP contribution >= 0.6 is 0 Å². The van der Waals surface area contributed by atoms with E-state index in [4.69, 9.17) is 0 Å². The Bertz CT molecular complexity index is 9.61. The van der Waals surface area contributed by atoms with Gasteiger partial charge < -0.3 is 11.0 Å². The molecule has 5 heavy (non-hydrogen) atoms. The minimum atomic E-state index is 0. The van der Waals surface area contributed by atoms with Crippen LogP contribution < -0.4 is 0 Å². The number of hydrogen-bond acceptors (Lipinski definition) is 0. The van der Waals surface area contributed by atoms with Gasteiger partial charge in [0.1, 0.15) is 0 Å². The molecule has 0 atom stereocenters. The fourth-order valence-electron chi connectivity index (χ4n) is 0. The fraction of sp³-hybridized carbons (Fsp3) is 0. The van der Waals surface area contributed by atoms with Crippen molar-refractivity contribution in [1.82, 2.24) is 0 Å². The second-order valence-corrected chi connectivity index (χ2v) is 0. The molecule has 0 amide bonds. The van der Waals surface area contributed by atoms with Gasteiger partial charge in [-0.15, -0.1) is 0 Å². The zero-order valence-electron chi connectivity index (χ0n) is 2.07. The molecule has 0 aliphatic heterocycles. The van der Waals surface area contributed by atoms with E-state index in [1.807, 2.05) is 0 Å². The summed E-state index contributed by atoms with van der Waals surface area (Å²) in [6.45, 7) is 0. The molecule has 0 heterocycles. The molecule has 6 radical (unpaired) electrons. The first-order valence-electron chi connectivity index (χ1n) is 0. The average Bonchev–Trinajstić information content (AvgIpc) is 0. The molecule has 32 valence electrons. The SMILES string of the molecule is [Cu].[O-2].[O-2].[Si].[Ta+4]. The van der Waals surface area contributed by atoms with E-state index in [1.54, 1.807) is 0 Å². The van der Waals surface area contributed by atoms with E-state index in [0.29, 0.717) is 0 Å². The Hall–Kier alpha value is 1.40. The molecular weight excluding hydrogens is 305 g/mol. The zero-order chi connectivity index (χ0) is 0. The Labute approximate surface area is 61.3 Å². The van der Waals surface area contributed by atoms with Crippen LogP contribution in [0.15, 0.2) is 0 Å². The van der Waals surface area contributed by atoms with E-state index < -0.39 is 0 Å². The van der Waals surface area contributed by atoms with E-state index in [2.05, 4.69) is 0 Å². The van der Waals surface area contributed by atoms with Gasteiger partial charge in [-0.3, -0.25) is 0 Å². The molecule has 0 aliphatic carbocycles. The molecule has 5 heteroatoms. The monoisotopic (exact) mass is 304 g/mol. The van der Waals surface area contributed by atoms with Gasteiger partial charge in [-0.1, -0.05) is 0 Å². The van der Waals surface area contributed by atoms with Crippen LogP contribution in [0.1, 0.15) is 0 Å². The molecule has 0 aliphatic rings. The van der Waals surface area contributed by atoms with E-state index in [9.17, 15) is 0 Å². The first-order valence-corrected chi connectivity index (χ1v) is 0. The summed E-state index contributed by atoms with van der Waals surface area (Å²) in [6.07, 6.45) is 0. The normalized spacial score (nSPS) is 0. The maximum Gasteiger partial charge on any atom is 4.00 e. The van der Waals surface area contributed by atoms with Crippen LogP contribution in [0.3, 0.4) is 0 Å². The third-order valence-electron chi connectivity index (χ3n) is 0. The van der Waals surface area contributed by atoms with E-state index in [-0.39, 0.29) is 61.4 Å². The Morgan fingerprint density at radius 1 is 0.800 bits per heavy atom. The van der Waals surface area contributed by atoms with Crippen LogP contribution in [0.2, 0.25) is 0 Å². The third-order valence-corrected chi connectivity index (χ3v) is 0. The van der Waals surface area contributed by atoms with Crippen LogP contribution in [0.25, 0.3) is 0 Å². The first-order chi connectivity index (χ1) is 0. The number of hydrogen-bond donors (Lipinski definition) is 0. The molecule has 0 saturated heterocycles. The van der Waals surface area contributed by atoms with E-state index >= 15 is 0 Å². The second kappa shape index (κ2) is 53.5. The van der Waals surface area contributed by atoms with Crippen LogP contribution in [0.4, 0.5) is 0 Å². The molecule has 0 aromatic carbocycles. The Morgan fingerprint density at radius 2 is 0.800 bits per heavy atom. The van der Waals surface area contributed by atoms with Crippen molar-refractivity contribution in [3.63, 3.8) is 0 Å². The standard InChI is InChI=1S/Cu.2O.Si.Ta/q;2*-2;;+4. The van der Waals surface area contributed by atoms with Gasteiger partial charge in [-0.25, -0.2) is 0 Å². The van der Waals surface area contributed by atoms with E-state index in [1.165, 1.54) is 0 Å². The molecule has 0 unspecified atom stereocenters. The summed E-state index contributed by atoms with van der Waals surface area (Å²) in [5.74, 6) is 0. The van der Waals surface area contributed by atoms with Crippen molar-refractivity contribution < 1.29 is 50.4 Å². The summed E-state index contributed by atoms with van der Waals surface area (Å²) in [4.78, 5) is 0. The van der Waals surface area contributed by atoms with Crippen molar-refractivity contribution in [1.29, 1.82) is 0 Å². The van der Waals surface area contributed by atoms with Crippen molar-refractivity contribution in [2.24, 2.45) is 0 Å². The summed E-state index contributed by atoms with van der Waals surface area (Å²) in [6, 6.07) is 0. The maximum atomic E-state index is 0. The van der Waals surface area contributed by atoms with Gasteiger partial charge >= 0.3 is 22.4 Å². The molecule has 0 bridgehead atoms. The van der Waals surface area contributed by atoms with Gasteiger partial charge in [-0.2, -0.15) is 0 Å². The molecular formula is CuO2SiTa. The zero-order valence-corrected chi connectivity index (χ0v) is 7.22. The molecule has 0 fully saturated rings. The molecule has 0 spiro atoms. The minimum Gasteiger partial charge on any atom is -2.00 e. The molecule has 0 saturated carbocycles. The fourth-order valence-corrected chi connectivity index (χ4v) is 0. The molecule has 0 N–H and O–H groups in total. The quantitative estimate of drug-likeness (QED) is 0.536. The van der Waals surface area contributed by atoms with Crippen LogP contribution in [-0.2, 0) is 50.4 Å². The predicted molar refractivity (Wildman–Crippen MR) is 7.13 cm³/mol. The summed E-state index contributed by atoms with van der Waals surface area (Å²) in [5, 5.41) is 0. The summed E-state index contributed by atoms with van der Waals surface area (Å²) < 4.78 is 0. The van der Waals surface area contributed by atoms with Crippen molar-refractivity contribution in [3.8, 4) is 0 Å². The van der Waals surface area contributed by atoms with Gasteiger partial charge in [0.25, 0.3) is 0 Å². The van der Waals surface area contributed by atoms with Gasteiger partial charge in [-0.05, 0) is 0 Å². The average molecular weight is 305 g/mol. The van der Waals surface area contributed by atoms with Crippen molar-refractivity contribution in [2.45, 2.75) is 0 Å². The Morgan fingerprint density at radius 3 is 0.800 bits per heavy atom. The Kier molecular flexibility index (Phi) is 1020. The molecule has 0 aromatic heterocycles. The molecule has 0 rings (SSSR count). The van der Waals surface area contributed by atoms with Crippen molar-refractivity contribution >= 4 is 11.0 Å². The minimum absolute atomic E-state index is 0. The van der Waals surface area contributed by atoms with Crippen molar-refractivity contribution in [3.05, 3.63) is 0 Å². The topological polar surface area (TPSA) is 57.0 Å².